The molecule has 1 aromatic carbocycles. The number of carbonyl (C=O) groups excluding carboxylic acids is 1. The molecule has 2 aromatic rings. The van der Waals surface area contributed by atoms with Crippen LogP contribution < -0.4 is 21.6 Å². The molecule has 1 aromatic heterocycles. The van der Waals surface area contributed by atoms with E-state index >= 15 is 0 Å². The number of allylic oxidation sites excluding steroid dienone is 3. The van der Waals surface area contributed by atoms with Crippen LogP contribution in [0.25, 0.3) is 10.9 Å². The molecule has 2 aliphatic carbocycles. The lowest BCUT2D eigenvalue weighted by Gasteiger charge is -2.30. The van der Waals surface area contributed by atoms with Crippen LogP contribution in [0.5, 0.6) is 0 Å². The highest BCUT2D eigenvalue weighted by molar-refractivity contribution is 6.35. The van der Waals surface area contributed by atoms with Gasteiger partial charge in [0.2, 0.25) is 0 Å². The van der Waals surface area contributed by atoms with Crippen LogP contribution in [0.15, 0.2) is 70.7 Å². The minimum atomic E-state index is -2.53. The SMILES string of the molecule is CC(C)(C)CNc1c(C#N)cnc2c(Cl)cc(N[C@H](C3=CN(C4(C(F)F)CC4)NN3)C3=CC=CC4C(=O)N=CC=C34)cc12. The van der Waals surface area contributed by atoms with E-state index in [4.69, 9.17) is 11.6 Å². The molecule has 1 unspecified atom stereocenters. The molecular formula is C31H31ClF2N8O. The number of nitrogens with one attached hydrogen (secondary N) is 4. The third kappa shape index (κ3) is 5.37. The van der Waals surface area contributed by atoms with E-state index in [2.05, 4.69) is 58.4 Å². The van der Waals surface area contributed by atoms with Gasteiger partial charge >= 0.3 is 0 Å². The maximum Gasteiger partial charge on any atom is 0.262 e. The van der Waals surface area contributed by atoms with Gasteiger partial charge in [-0.1, -0.05) is 50.6 Å². The van der Waals surface area contributed by atoms with Gasteiger partial charge in [-0.25, -0.2) is 13.8 Å². The topological polar surface area (TPSA) is 117 Å². The zero-order chi connectivity index (χ0) is 30.5. The van der Waals surface area contributed by atoms with E-state index in [-0.39, 0.29) is 11.3 Å². The standard InChI is InChI=1S/C31H31ClF2N8O/c1-30(2,3)16-38-25-17(13-35)14-37-26-22(25)11-18(12-23(26)32)39-27(20-5-4-6-21-19(20)7-10-36-28(21)43)24-15-42(41-40-24)31(8-9-31)29(33)34/h4-7,10-12,14-15,21,27,29,39-41H,8-9,16H2,1-3H3,(H,37,38)/t21?,27-/m0/s1. The molecule has 1 saturated carbocycles. The van der Waals surface area contributed by atoms with Crippen molar-refractivity contribution in [3.05, 3.63) is 76.3 Å². The predicted octanol–water partition coefficient (Wildman–Crippen LogP) is 5.61. The van der Waals surface area contributed by atoms with Crippen molar-refractivity contribution >= 4 is 46.0 Å². The highest BCUT2D eigenvalue weighted by Gasteiger charge is 2.56. The summed E-state index contributed by atoms with van der Waals surface area (Å²) in [7, 11) is 0. The van der Waals surface area contributed by atoms with Crippen LogP contribution in [0.2, 0.25) is 5.02 Å². The maximum absolute atomic E-state index is 14.0. The van der Waals surface area contributed by atoms with Crippen molar-refractivity contribution in [3.63, 3.8) is 0 Å². The van der Waals surface area contributed by atoms with Crippen LogP contribution in [0.4, 0.5) is 20.2 Å². The fourth-order valence-corrected chi connectivity index (χ4v) is 5.74. The van der Waals surface area contributed by atoms with Crippen molar-refractivity contribution in [1.82, 2.24) is 21.0 Å². The van der Waals surface area contributed by atoms with Gasteiger partial charge in [0.05, 0.1) is 39.4 Å². The van der Waals surface area contributed by atoms with Gasteiger partial charge in [0.15, 0.2) is 0 Å². The van der Waals surface area contributed by atoms with Crippen molar-refractivity contribution in [2.24, 2.45) is 16.3 Å². The zero-order valence-electron chi connectivity index (χ0n) is 23.9. The molecule has 9 nitrogen and oxygen atoms in total. The van der Waals surface area contributed by atoms with Gasteiger partial charge in [-0.3, -0.25) is 14.8 Å². The highest BCUT2D eigenvalue weighted by atomic mass is 35.5. The monoisotopic (exact) mass is 604 g/mol. The van der Waals surface area contributed by atoms with Gasteiger partial charge in [-0.15, -0.1) is 5.53 Å². The molecule has 4 N–H and O–H groups in total. The van der Waals surface area contributed by atoms with E-state index in [0.29, 0.717) is 57.9 Å². The molecule has 2 aliphatic heterocycles. The Kier molecular flexibility index (Phi) is 7.22. The normalized spacial score (nSPS) is 21.1. The number of nitrogens with zero attached hydrogens (tertiary/aromatic N) is 4. The number of aliphatic imine (C=N–C) groups is 1. The van der Waals surface area contributed by atoms with Gasteiger partial charge < -0.3 is 16.1 Å². The summed E-state index contributed by atoms with van der Waals surface area (Å²) in [5.41, 5.74) is 8.91. The molecule has 4 aliphatic rings. The minimum absolute atomic E-state index is 0.0598. The van der Waals surface area contributed by atoms with Crippen LogP contribution >= 0.6 is 11.6 Å². The molecule has 12 heteroatoms. The molecule has 0 bridgehead atoms. The average Bonchev–Trinajstić information content (AvgIpc) is 3.64. The maximum atomic E-state index is 14.0. The van der Waals surface area contributed by atoms with Gasteiger partial charge in [0.1, 0.15) is 11.6 Å². The van der Waals surface area contributed by atoms with Crippen LogP contribution in [0.1, 0.15) is 39.2 Å². The summed E-state index contributed by atoms with van der Waals surface area (Å²) in [5, 5.41) is 19.3. The largest absolute Gasteiger partial charge is 0.383 e. The van der Waals surface area contributed by atoms with Crippen molar-refractivity contribution in [2.45, 2.75) is 51.6 Å². The second-order valence-corrected chi connectivity index (χ2v) is 12.7. The predicted molar refractivity (Wildman–Crippen MR) is 163 cm³/mol. The number of hydrogen-bond donors (Lipinski definition) is 4. The molecule has 2 atom stereocenters. The summed E-state index contributed by atoms with van der Waals surface area (Å²) in [4.78, 5) is 21.0. The summed E-state index contributed by atoms with van der Waals surface area (Å²) in [6.45, 7) is 6.88. The van der Waals surface area contributed by atoms with Crippen molar-refractivity contribution in [3.8, 4) is 6.07 Å². The number of hydrogen-bond acceptors (Lipinski definition) is 8. The fourth-order valence-electron chi connectivity index (χ4n) is 5.47. The van der Waals surface area contributed by atoms with Crippen LogP contribution in [-0.4, -0.2) is 46.7 Å². The summed E-state index contributed by atoms with van der Waals surface area (Å²) in [6.07, 6.45) is 10.1. The Morgan fingerprint density at radius 2 is 2.07 bits per heavy atom. The van der Waals surface area contributed by atoms with E-state index in [1.165, 1.54) is 17.4 Å². The van der Waals surface area contributed by atoms with Crippen LogP contribution in [0.3, 0.4) is 0 Å². The van der Waals surface area contributed by atoms with Gasteiger partial charge in [0.25, 0.3) is 12.3 Å². The smallest absolute Gasteiger partial charge is 0.262 e. The first-order valence-electron chi connectivity index (χ1n) is 14.0. The number of hydrazine groups is 2. The van der Waals surface area contributed by atoms with E-state index in [1.54, 1.807) is 30.5 Å². The number of amides is 1. The Hall–Kier alpha value is -4.27. The number of aromatic nitrogens is 1. The van der Waals surface area contributed by atoms with E-state index in [9.17, 15) is 18.8 Å². The number of nitriles is 1. The van der Waals surface area contributed by atoms with Crippen LogP contribution in [-0.2, 0) is 4.79 Å². The second kappa shape index (κ2) is 10.8. The zero-order valence-corrected chi connectivity index (χ0v) is 24.6. The fraction of sp³-hybridized carbons (Fsp3) is 0.355. The number of dihydropyridines is 1. The number of pyridine rings is 1. The van der Waals surface area contributed by atoms with Gasteiger partial charge in [-0.2, -0.15) is 5.26 Å². The molecule has 6 rings (SSSR count). The summed E-state index contributed by atoms with van der Waals surface area (Å²) in [5.74, 6) is -0.828. The van der Waals surface area contributed by atoms with E-state index in [0.717, 1.165) is 11.1 Å². The number of rotatable bonds is 8. The first-order valence-corrected chi connectivity index (χ1v) is 14.4. The quantitative estimate of drug-likeness (QED) is 0.307. The number of benzene rings is 1. The molecule has 1 amide bonds. The Labute approximate surface area is 253 Å². The van der Waals surface area contributed by atoms with Gasteiger partial charge in [-0.05, 0) is 47.6 Å². The number of halogens is 3. The Morgan fingerprint density at radius 1 is 1.28 bits per heavy atom. The first-order chi connectivity index (χ1) is 20.5. The third-order valence-corrected chi connectivity index (χ3v) is 8.27. The van der Waals surface area contributed by atoms with Crippen molar-refractivity contribution in [1.29, 1.82) is 5.26 Å². The first kappa shape index (κ1) is 28.8. The summed E-state index contributed by atoms with van der Waals surface area (Å²) < 4.78 is 27.9. The molecule has 43 heavy (non-hydrogen) atoms. The number of alkyl halides is 2. The lowest BCUT2D eigenvalue weighted by Crippen LogP contribution is -2.48. The Morgan fingerprint density at radius 3 is 2.77 bits per heavy atom. The lowest BCUT2D eigenvalue weighted by molar-refractivity contribution is -0.119. The molecule has 0 radical (unpaired) electrons. The summed E-state index contributed by atoms with van der Waals surface area (Å²) >= 11 is 6.76. The molecule has 0 spiro atoms. The van der Waals surface area contributed by atoms with Crippen molar-refractivity contribution < 1.29 is 13.6 Å². The Bertz CT molecular complexity index is 1690. The lowest BCUT2D eigenvalue weighted by atomic mass is 9.82. The van der Waals surface area contributed by atoms with Gasteiger partial charge in [0, 0.05) is 36.2 Å². The Balaban J connectivity index is 1.44. The number of fused-ring (bicyclic) bond motifs is 2. The molecule has 0 saturated heterocycles. The third-order valence-electron chi connectivity index (χ3n) is 7.98. The second-order valence-electron chi connectivity index (χ2n) is 12.3. The highest BCUT2D eigenvalue weighted by Crippen LogP contribution is 2.47. The average molecular weight is 605 g/mol. The minimum Gasteiger partial charge on any atom is -0.383 e. The molecule has 1 fully saturated rings. The number of anilines is 2. The van der Waals surface area contributed by atoms with Crippen LogP contribution in [0, 0.1) is 22.7 Å². The molecule has 3 heterocycles. The van der Waals surface area contributed by atoms with Crippen molar-refractivity contribution in [2.75, 3.05) is 17.2 Å². The summed E-state index contributed by atoms with van der Waals surface area (Å²) in [6, 6.07) is 5.23. The van der Waals surface area contributed by atoms with E-state index in [1.807, 2.05) is 12.1 Å². The van der Waals surface area contributed by atoms with E-state index < -0.39 is 23.9 Å². The number of carbonyl (C=O) groups is 1. The molecule has 222 valence electrons. The molecular weight excluding hydrogens is 574 g/mol.